The van der Waals surface area contributed by atoms with Crippen LogP contribution in [0.1, 0.15) is 27.2 Å². The smallest absolute Gasteiger partial charge is 0.163 e. The molecule has 0 amide bonds. The molecule has 0 bridgehead atoms. The summed E-state index contributed by atoms with van der Waals surface area (Å²) in [5.74, 6) is 0.673. The fourth-order valence-electron chi connectivity index (χ4n) is 2.20. The van der Waals surface area contributed by atoms with Crippen LogP contribution in [0.15, 0.2) is 24.9 Å². The molecule has 1 N–H and O–H groups in total. The molecule has 3 aromatic rings. The van der Waals surface area contributed by atoms with Crippen molar-refractivity contribution in [2.45, 2.75) is 39.3 Å². The zero-order valence-corrected chi connectivity index (χ0v) is 13.4. The summed E-state index contributed by atoms with van der Waals surface area (Å²) in [5.41, 5.74) is 1.48. The van der Waals surface area contributed by atoms with Gasteiger partial charge in [-0.3, -0.25) is 4.68 Å². The van der Waals surface area contributed by atoms with E-state index >= 15 is 0 Å². The van der Waals surface area contributed by atoms with Crippen LogP contribution in [0.25, 0.3) is 11.0 Å². The number of fused-ring (bicyclic) bond motifs is 1. The SMILES string of the molecule is CC(C)(C)n1cc(Nc2ncnc3c2cnn3CCC#N)cn1. The maximum absolute atomic E-state index is 8.71. The number of anilines is 2. The van der Waals surface area contributed by atoms with Crippen LogP contribution in [-0.2, 0) is 12.1 Å². The minimum Gasteiger partial charge on any atom is -0.337 e. The number of nitrogens with zero attached hydrogens (tertiary/aromatic N) is 7. The molecule has 23 heavy (non-hydrogen) atoms. The first-order valence-corrected chi connectivity index (χ1v) is 7.34. The summed E-state index contributed by atoms with van der Waals surface area (Å²) in [6, 6.07) is 2.11. The molecule has 3 heterocycles. The maximum Gasteiger partial charge on any atom is 0.163 e. The van der Waals surface area contributed by atoms with Gasteiger partial charge in [-0.1, -0.05) is 0 Å². The molecule has 0 aromatic carbocycles. The van der Waals surface area contributed by atoms with Crippen LogP contribution in [0.3, 0.4) is 0 Å². The van der Waals surface area contributed by atoms with Crippen molar-refractivity contribution in [1.82, 2.24) is 29.5 Å². The van der Waals surface area contributed by atoms with Gasteiger partial charge in [0, 0.05) is 6.20 Å². The molecule has 8 heteroatoms. The summed E-state index contributed by atoms with van der Waals surface area (Å²) in [6.07, 6.45) is 7.29. The van der Waals surface area contributed by atoms with Crippen LogP contribution in [0.2, 0.25) is 0 Å². The second-order valence-electron chi connectivity index (χ2n) is 6.20. The number of aromatic nitrogens is 6. The Balaban J connectivity index is 1.90. The molecule has 0 aliphatic carbocycles. The van der Waals surface area contributed by atoms with E-state index in [0.717, 1.165) is 11.1 Å². The zero-order chi connectivity index (χ0) is 16.4. The van der Waals surface area contributed by atoms with Crippen molar-refractivity contribution in [1.29, 1.82) is 5.26 Å². The average Bonchev–Trinajstić information content (AvgIpc) is 3.12. The van der Waals surface area contributed by atoms with Gasteiger partial charge in [0.25, 0.3) is 0 Å². The maximum atomic E-state index is 8.71. The van der Waals surface area contributed by atoms with E-state index in [1.54, 1.807) is 17.1 Å². The first-order chi connectivity index (χ1) is 11.0. The molecule has 0 atom stereocenters. The number of hydrogen-bond acceptors (Lipinski definition) is 6. The molecule has 0 aliphatic heterocycles. The molecule has 8 nitrogen and oxygen atoms in total. The summed E-state index contributed by atoms with van der Waals surface area (Å²) in [5, 5.41) is 21.4. The van der Waals surface area contributed by atoms with Crippen molar-refractivity contribution in [2.24, 2.45) is 0 Å². The van der Waals surface area contributed by atoms with E-state index in [-0.39, 0.29) is 5.54 Å². The van der Waals surface area contributed by atoms with Crippen molar-refractivity contribution in [2.75, 3.05) is 5.32 Å². The van der Waals surface area contributed by atoms with Crippen LogP contribution < -0.4 is 5.32 Å². The Hall–Kier alpha value is -2.95. The largest absolute Gasteiger partial charge is 0.337 e. The van der Waals surface area contributed by atoms with Crippen LogP contribution >= 0.6 is 0 Å². The van der Waals surface area contributed by atoms with E-state index in [4.69, 9.17) is 5.26 Å². The second-order valence-corrected chi connectivity index (χ2v) is 6.20. The monoisotopic (exact) mass is 310 g/mol. The Bertz CT molecular complexity index is 862. The third-order valence-electron chi connectivity index (χ3n) is 3.40. The molecule has 0 saturated carbocycles. The van der Waals surface area contributed by atoms with Gasteiger partial charge in [-0.2, -0.15) is 15.5 Å². The minimum atomic E-state index is -0.0803. The van der Waals surface area contributed by atoms with Crippen molar-refractivity contribution in [3.05, 3.63) is 24.9 Å². The quantitative estimate of drug-likeness (QED) is 0.795. The molecule has 0 saturated heterocycles. The molecule has 0 aliphatic rings. The lowest BCUT2D eigenvalue weighted by Gasteiger charge is -2.18. The first kappa shape index (κ1) is 15.0. The third kappa shape index (κ3) is 2.99. The predicted molar refractivity (Wildman–Crippen MR) is 86.1 cm³/mol. The Morgan fingerprint density at radius 2 is 2.04 bits per heavy atom. The van der Waals surface area contributed by atoms with Gasteiger partial charge in [-0.05, 0) is 20.8 Å². The number of nitriles is 1. The molecule has 0 spiro atoms. The van der Waals surface area contributed by atoms with Gasteiger partial charge >= 0.3 is 0 Å². The van der Waals surface area contributed by atoms with Crippen LogP contribution in [-0.4, -0.2) is 29.5 Å². The van der Waals surface area contributed by atoms with E-state index in [9.17, 15) is 0 Å². The first-order valence-electron chi connectivity index (χ1n) is 7.34. The van der Waals surface area contributed by atoms with Gasteiger partial charge in [0.2, 0.25) is 0 Å². The van der Waals surface area contributed by atoms with Gasteiger partial charge in [-0.25, -0.2) is 14.6 Å². The molecule has 0 unspecified atom stereocenters. The van der Waals surface area contributed by atoms with Gasteiger partial charge in [0.15, 0.2) is 5.65 Å². The number of aryl methyl sites for hydroxylation is 1. The van der Waals surface area contributed by atoms with Crippen LogP contribution in [0.4, 0.5) is 11.5 Å². The van der Waals surface area contributed by atoms with Crippen LogP contribution in [0, 0.1) is 11.3 Å². The number of hydrogen-bond donors (Lipinski definition) is 1. The Morgan fingerprint density at radius 3 is 2.74 bits per heavy atom. The van der Waals surface area contributed by atoms with E-state index in [0.29, 0.717) is 24.4 Å². The highest BCUT2D eigenvalue weighted by Gasteiger charge is 2.15. The fourth-order valence-corrected chi connectivity index (χ4v) is 2.20. The van der Waals surface area contributed by atoms with Crippen molar-refractivity contribution < 1.29 is 0 Å². The zero-order valence-electron chi connectivity index (χ0n) is 13.4. The topological polar surface area (TPSA) is 97.2 Å². The summed E-state index contributed by atoms with van der Waals surface area (Å²) < 4.78 is 3.61. The molecule has 3 rings (SSSR count). The second kappa shape index (κ2) is 5.68. The third-order valence-corrected chi connectivity index (χ3v) is 3.40. The number of nitrogens with one attached hydrogen (secondary N) is 1. The van der Waals surface area contributed by atoms with Gasteiger partial charge in [0.1, 0.15) is 12.1 Å². The van der Waals surface area contributed by atoms with Crippen molar-refractivity contribution in [3.63, 3.8) is 0 Å². The van der Waals surface area contributed by atoms with Crippen molar-refractivity contribution >= 4 is 22.5 Å². The van der Waals surface area contributed by atoms with Crippen molar-refractivity contribution in [3.8, 4) is 6.07 Å². The standard InChI is InChI=1S/C15H18N8/c1-15(2,3)23-9-11(7-20-23)21-13-12-8-19-22(6-4-5-16)14(12)18-10-17-13/h7-10H,4,6H2,1-3H3,(H,17,18,21). The van der Waals surface area contributed by atoms with Gasteiger partial charge in [-0.15, -0.1) is 0 Å². The highest BCUT2D eigenvalue weighted by Crippen LogP contribution is 2.23. The van der Waals surface area contributed by atoms with E-state index in [1.807, 2.05) is 10.9 Å². The van der Waals surface area contributed by atoms with E-state index in [1.165, 1.54) is 6.33 Å². The lowest BCUT2D eigenvalue weighted by Crippen LogP contribution is -2.21. The van der Waals surface area contributed by atoms with E-state index < -0.39 is 0 Å². The number of rotatable bonds is 4. The Labute approximate surface area is 133 Å². The summed E-state index contributed by atoms with van der Waals surface area (Å²) >= 11 is 0. The minimum absolute atomic E-state index is 0.0803. The van der Waals surface area contributed by atoms with Gasteiger partial charge in [0.05, 0.1) is 48.0 Å². The molecular weight excluding hydrogens is 292 g/mol. The highest BCUT2D eigenvalue weighted by molar-refractivity contribution is 5.88. The molecule has 0 fully saturated rings. The highest BCUT2D eigenvalue weighted by atomic mass is 15.3. The lowest BCUT2D eigenvalue weighted by molar-refractivity contribution is 0.355. The average molecular weight is 310 g/mol. The summed E-state index contributed by atoms with van der Waals surface area (Å²) in [4.78, 5) is 8.55. The summed E-state index contributed by atoms with van der Waals surface area (Å²) in [7, 11) is 0. The lowest BCUT2D eigenvalue weighted by atomic mass is 10.1. The van der Waals surface area contributed by atoms with Gasteiger partial charge < -0.3 is 5.32 Å². The Morgan fingerprint density at radius 1 is 1.22 bits per heavy atom. The predicted octanol–water partition coefficient (Wildman–Crippen LogP) is 2.44. The molecule has 118 valence electrons. The fraction of sp³-hybridized carbons (Fsp3) is 0.400. The van der Waals surface area contributed by atoms with Crippen LogP contribution in [0.5, 0.6) is 0 Å². The molecular formula is C15H18N8. The molecule has 3 aromatic heterocycles. The Kier molecular flexibility index (Phi) is 3.70. The van der Waals surface area contributed by atoms with E-state index in [2.05, 4.69) is 52.3 Å². The summed E-state index contributed by atoms with van der Waals surface area (Å²) in [6.45, 7) is 6.78. The normalized spacial score (nSPS) is 11.6. The molecule has 0 radical (unpaired) electrons.